The van der Waals surface area contributed by atoms with Gasteiger partial charge in [-0.15, -0.1) is 11.3 Å². The van der Waals surface area contributed by atoms with Crippen LogP contribution < -0.4 is 5.32 Å². The molecule has 4 amide bonds. The first-order valence-corrected chi connectivity index (χ1v) is 8.58. The van der Waals surface area contributed by atoms with Crippen molar-refractivity contribution in [2.75, 3.05) is 19.3 Å². The molecule has 1 N–H and O–H groups in total. The van der Waals surface area contributed by atoms with Crippen LogP contribution in [0, 0.1) is 0 Å². The predicted octanol–water partition coefficient (Wildman–Crippen LogP) is 0.306. The number of thiophene rings is 1. The smallest absolute Gasteiger partial charge is 0.322 e. The average Bonchev–Trinajstić information content (AvgIpc) is 3.03. The normalized spacial score (nSPS) is 16.9. The largest absolute Gasteiger partial charge is 0.341 e. The fourth-order valence-corrected chi connectivity index (χ4v) is 3.34. The van der Waals surface area contributed by atoms with Gasteiger partial charge in [0.25, 0.3) is 0 Å². The lowest BCUT2D eigenvalue weighted by atomic mass is 10.3. The summed E-state index contributed by atoms with van der Waals surface area (Å²) in [4.78, 5) is 36.1. The number of imide groups is 1. The second-order valence-corrected chi connectivity index (χ2v) is 7.17. The molecule has 1 aromatic heterocycles. The second kappa shape index (κ2) is 5.82. The number of rotatable bonds is 4. The van der Waals surface area contributed by atoms with Crippen LogP contribution in [0.2, 0.25) is 0 Å². The summed E-state index contributed by atoms with van der Waals surface area (Å²) >= 11 is 1.26. The van der Waals surface area contributed by atoms with Crippen molar-refractivity contribution in [3.8, 4) is 0 Å². The molecule has 1 aliphatic rings. The van der Waals surface area contributed by atoms with Gasteiger partial charge in [-0.05, 0) is 11.4 Å². The van der Waals surface area contributed by atoms with E-state index in [-0.39, 0.29) is 13.1 Å². The molecule has 0 aliphatic carbocycles. The van der Waals surface area contributed by atoms with Crippen LogP contribution in [0.25, 0.3) is 0 Å². The highest BCUT2D eigenvalue weighted by atomic mass is 32.2. The van der Waals surface area contributed by atoms with E-state index in [2.05, 4.69) is 5.32 Å². The highest BCUT2D eigenvalue weighted by Crippen LogP contribution is 2.18. The first kappa shape index (κ1) is 15.4. The van der Waals surface area contributed by atoms with Gasteiger partial charge in [0.2, 0.25) is 16.3 Å². The van der Waals surface area contributed by atoms with Crippen molar-refractivity contribution in [1.29, 1.82) is 0 Å². The van der Waals surface area contributed by atoms with Gasteiger partial charge in [0.1, 0.15) is 6.04 Å². The molecular weight excluding hydrogens is 318 g/mol. The minimum atomic E-state index is -3.71. The maximum Gasteiger partial charge on any atom is 0.341 e. The molecule has 1 radical (unpaired) electrons. The number of nitrogens with zero attached hydrogens (tertiary/aromatic N) is 2. The Morgan fingerprint density at radius 2 is 2.19 bits per heavy atom. The minimum absolute atomic E-state index is 0.0618. The Labute approximate surface area is 125 Å². The third-order valence-electron chi connectivity index (χ3n) is 2.83. The van der Waals surface area contributed by atoms with Gasteiger partial charge in [-0.3, -0.25) is 4.79 Å². The van der Waals surface area contributed by atoms with Crippen molar-refractivity contribution in [2.24, 2.45) is 0 Å². The van der Waals surface area contributed by atoms with Crippen LogP contribution in [0.15, 0.2) is 17.5 Å². The number of nitrogens with one attached hydrogen (secondary N) is 1. The van der Waals surface area contributed by atoms with Crippen LogP contribution in [0.3, 0.4) is 0 Å². The van der Waals surface area contributed by atoms with E-state index >= 15 is 0 Å². The molecule has 1 atom stereocenters. The molecule has 1 aromatic rings. The minimum Gasteiger partial charge on any atom is -0.322 e. The summed E-state index contributed by atoms with van der Waals surface area (Å²) in [6.45, 7) is -0.159. The highest BCUT2D eigenvalue weighted by Gasteiger charge is 2.38. The monoisotopic (exact) mass is 330 g/mol. The molecule has 10 heteroatoms. The molecule has 0 aromatic carbocycles. The molecule has 1 unspecified atom stereocenters. The van der Waals surface area contributed by atoms with Crippen LogP contribution in [0.4, 0.5) is 9.59 Å². The van der Waals surface area contributed by atoms with Gasteiger partial charge < -0.3 is 5.32 Å². The van der Waals surface area contributed by atoms with Crippen LogP contribution >= 0.6 is 11.3 Å². The number of sulfonamides is 1. The topological polar surface area (TPSA) is 104 Å². The molecule has 2 heterocycles. The van der Waals surface area contributed by atoms with Crippen molar-refractivity contribution >= 4 is 39.7 Å². The summed E-state index contributed by atoms with van der Waals surface area (Å²) < 4.78 is 23.3. The molecule has 8 nitrogen and oxygen atoms in total. The van der Waals surface area contributed by atoms with Crippen molar-refractivity contribution in [3.05, 3.63) is 22.4 Å². The zero-order chi connectivity index (χ0) is 15.6. The maximum absolute atomic E-state index is 12.0. The van der Waals surface area contributed by atoms with Crippen LogP contribution in [-0.2, 0) is 14.8 Å². The van der Waals surface area contributed by atoms with E-state index in [4.69, 9.17) is 0 Å². The number of hydrogen-bond acceptors (Lipinski definition) is 6. The molecule has 113 valence electrons. The van der Waals surface area contributed by atoms with Crippen molar-refractivity contribution in [2.45, 2.75) is 6.04 Å². The SMILES string of the molecule is CS(=O)(=O)N1CCN(C(=O)NC([C]=O)c2cccs2)C1=O. The highest BCUT2D eigenvalue weighted by molar-refractivity contribution is 7.88. The standard InChI is InChI=1S/C11H12N3O5S2/c1-21(18,19)14-5-4-13(11(14)17)10(16)12-8(7-15)9-3-2-6-20-9/h2-3,6,8H,4-5H2,1H3,(H,12,16). The van der Waals surface area contributed by atoms with Crippen molar-refractivity contribution < 1.29 is 22.8 Å². The Bertz CT molecular complexity index is 655. The Balaban J connectivity index is 2.08. The Morgan fingerprint density at radius 3 is 2.67 bits per heavy atom. The van der Waals surface area contributed by atoms with Gasteiger partial charge in [0.05, 0.1) is 19.3 Å². The van der Waals surface area contributed by atoms with Gasteiger partial charge in [0, 0.05) is 4.88 Å². The van der Waals surface area contributed by atoms with Gasteiger partial charge in [0.15, 0.2) is 0 Å². The zero-order valence-corrected chi connectivity index (χ0v) is 12.6. The third kappa shape index (κ3) is 3.22. The van der Waals surface area contributed by atoms with Crippen molar-refractivity contribution in [3.63, 3.8) is 0 Å². The molecule has 0 spiro atoms. The van der Waals surface area contributed by atoms with Gasteiger partial charge in [-0.25, -0.2) is 27.2 Å². The molecule has 1 fully saturated rings. The number of amides is 4. The fourth-order valence-electron chi connectivity index (χ4n) is 1.83. The van der Waals surface area contributed by atoms with Gasteiger partial charge >= 0.3 is 12.1 Å². The lowest BCUT2D eigenvalue weighted by Gasteiger charge is -2.18. The lowest BCUT2D eigenvalue weighted by Crippen LogP contribution is -2.45. The van der Waals surface area contributed by atoms with Crippen LogP contribution in [-0.4, -0.2) is 55.3 Å². The quantitative estimate of drug-likeness (QED) is 0.855. The molecular formula is C11H12N3O5S2. The van der Waals surface area contributed by atoms with Crippen LogP contribution in [0.1, 0.15) is 10.9 Å². The Kier molecular flexibility index (Phi) is 4.28. The van der Waals surface area contributed by atoms with E-state index in [0.29, 0.717) is 9.18 Å². The molecule has 0 saturated carbocycles. The van der Waals surface area contributed by atoms with Gasteiger partial charge in [-0.2, -0.15) is 0 Å². The van der Waals surface area contributed by atoms with E-state index in [0.717, 1.165) is 11.2 Å². The number of urea groups is 2. The van der Waals surface area contributed by atoms with Crippen LogP contribution in [0.5, 0.6) is 0 Å². The zero-order valence-electron chi connectivity index (χ0n) is 11.0. The summed E-state index contributed by atoms with van der Waals surface area (Å²) in [5, 5.41) is 4.08. The number of carbonyl (C=O) groups is 2. The number of carbonyl (C=O) groups excluding carboxylic acids is 3. The van der Waals surface area contributed by atoms with Gasteiger partial charge in [-0.1, -0.05) is 6.07 Å². The molecule has 1 saturated heterocycles. The summed E-state index contributed by atoms with van der Waals surface area (Å²) in [6, 6.07) is 0.620. The Hall–Kier alpha value is -1.94. The van der Waals surface area contributed by atoms with E-state index < -0.39 is 28.1 Å². The lowest BCUT2D eigenvalue weighted by molar-refractivity contribution is 0.193. The van der Waals surface area contributed by atoms with E-state index in [9.17, 15) is 22.8 Å². The molecule has 21 heavy (non-hydrogen) atoms. The Morgan fingerprint density at radius 1 is 1.48 bits per heavy atom. The summed E-state index contributed by atoms with van der Waals surface area (Å²) in [6.07, 6.45) is 2.56. The molecule has 2 rings (SSSR count). The molecule has 0 bridgehead atoms. The van der Waals surface area contributed by atoms with Crippen molar-refractivity contribution in [1.82, 2.24) is 14.5 Å². The first-order chi connectivity index (χ1) is 9.84. The maximum atomic E-state index is 12.0. The molecule has 1 aliphatic heterocycles. The second-order valence-electron chi connectivity index (χ2n) is 4.29. The summed E-state index contributed by atoms with van der Waals surface area (Å²) in [5.41, 5.74) is 0. The predicted molar refractivity (Wildman–Crippen MR) is 74.9 cm³/mol. The fraction of sp³-hybridized carbons (Fsp3) is 0.364. The van der Waals surface area contributed by atoms with E-state index in [1.54, 1.807) is 23.8 Å². The summed E-state index contributed by atoms with van der Waals surface area (Å²) in [7, 11) is -3.71. The first-order valence-electron chi connectivity index (χ1n) is 5.85. The average molecular weight is 330 g/mol. The third-order valence-corrected chi connectivity index (χ3v) is 4.91. The van der Waals surface area contributed by atoms with E-state index in [1.807, 2.05) is 0 Å². The van der Waals surface area contributed by atoms with E-state index in [1.165, 1.54) is 11.3 Å². The number of hydrogen-bond donors (Lipinski definition) is 1. The summed E-state index contributed by atoms with van der Waals surface area (Å²) in [5.74, 6) is 0.